The van der Waals surface area contributed by atoms with Crippen LogP contribution in [0.3, 0.4) is 0 Å². The van der Waals surface area contributed by atoms with E-state index in [0.717, 1.165) is 6.42 Å². The van der Waals surface area contributed by atoms with Gasteiger partial charge in [-0.3, -0.25) is 4.79 Å². The summed E-state index contributed by atoms with van der Waals surface area (Å²) in [6.07, 6.45) is 0.835. The van der Waals surface area contributed by atoms with Gasteiger partial charge in [0.2, 0.25) is 5.91 Å². The molecule has 0 aromatic rings. The van der Waals surface area contributed by atoms with E-state index in [0.29, 0.717) is 6.54 Å². The van der Waals surface area contributed by atoms with Gasteiger partial charge in [0.05, 0.1) is 0 Å². The normalized spacial score (nSPS) is 14.1. The predicted octanol–water partition coefficient (Wildman–Crippen LogP) is 0.886. The van der Waals surface area contributed by atoms with Crippen LogP contribution in [0.4, 0.5) is 0 Å². The number of carbonyl (C=O) groups excluding carboxylic acids is 1. The first kappa shape index (κ1) is 11.4. The molecular weight excluding hydrogens is 152 g/mol. The van der Waals surface area contributed by atoms with Crippen molar-refractivity contribution in [3.8, 4) is 0 Å². The number of hydrogen-bond donors (Lipinski definition) is 2. The Balaban J connectivity index is 3.59. The molecule has 1 amide bonds. The highest BCUT2D eigenvalue weighted by Crippen LogP contribution is 2.11. The molecular formula is C9H20N2O. The molecule has 0 aliphatic heterocycles. The Morgan fingerprint density at radius 3 is 2.33 bits per heavy atom. The Bertz CT molecular complexity index is 147. The maximum absolute atomic E-state index is 11.3. The summed E-state index contributed by atoms with van der Waals surface area (Å²) in [7, 11) is 0. The lowest BCUT2D eigenvalue weighted by molar-refractivity contribution is -0.128. The average molecular weight is 172 g/mol. The lowest BCUT2D eigenvalue weighted by atomic mass is 9.96. The summed E-state index contributed by atoms with van der Waals surface area (Å²) in [4.78, 5) is 11.3. The first-order valence-corrected chi connectivity index (χ1v) is 4.38. The molecule has 0 aliphatic rings. The van der Waals surface area contributed by atoms with Crippen LogP contribution in [-0.4, -0.2) is 18.5 Å². The van der Waals surface area contributed by atoms with E-state index in [9.17, 15) is 4.79 Å². The SMILES string of the molecule is CC(N)CCNC(=O)C(C)(C)C. The van der Waals surface area contributed by atoms with E-state index in [1.807, 2.05) is 27.7 Å². The van der Waals surface area contributed by atoms with Gasteiger partial charge in [-0.15, -0.1) is 0 Å². The standard InChI is InChI=1S/C9H20N2O/c1-7(10)5-6-11-8(12)9(2,3)4/h7H,5-6,10H2,1-4H3,(H,11,12). The third-order valence-electron chi connectivity index (χ3n) is 1.57. The zero-order valence-corrected chi connectivity index (χ0v) is 8.48. The minimum Gasteiger partial charge on any atom is -0.356 e. The molecule has 0 saturated carbocycles. The quantitative estimate of drug-likeness (QED) is 0.664. The summed E-state index contributed by atoms with van der Waals surface area (Å²) < 4.78 is 0. The van der Waals surface area contributed by atoms with Gasteiger partial charge < -0.3 is 11.1 Å². The number of nitrogens with one attached hydrogen (secondary N) is 1. The van der Waals surface area contributed by atoms with Crippen molar-refractivity contribution in [2.24, 2.45) is 11.1 Å². The van der Waals surface area contributed by atoms with Crippen LogP contribution in [0.5, 0.6) is 0 Å². The van der Waals surface area contributed by atoms with Crippen LogP contribution in [0.25, 0.3) is 0 Å². The van der Waals surface area contributed by atoms with Crippen LogP contribution in [0.15, 0.2) is 0 Å². The van der Waals surface area contributed by atoms with Gasteiger partial charge in [-0.25, -0.2) is 0 Å². The third-order valence-corrected chi connectivity index (χ3v) is 1.57. The van der Waals surface area contributed by atoms with E-state index in [1.54, 1.807) is 0 Å². The fraction of sp³-hybridized carbons (Fsp3) is 0.889. The van der Waals surface area contributed by atoms with E-state index in [2.05, 4.69) is 5.32 Å². The van der Waals surface area contributed by atoms with E-state index in [4.69, 9.17) is 5.73 Å². The van der Waals surface area contributed by atoms with Gasteiger partial charge >= 0.3 is 0 Å². The van der Waals surface area contributed by atoms with Crippen LogP contribution in [-0.2, 0) is 4.79 Å². The molecule has 0 saturated heterocycles. The molecule has 0 fully saturated rings. The maximum atomic E-state index is 11.3. The fourth-order valence-electron chi connectivity index (χ4n) is 0.679. The van der Waals surface area contributed by atoms with Gasteiger partial charge in [-0.05, 0) is 13.3 Å². The van der Waals surface area contributed by atoms with Crippen LogP contribution in [0.2, 0.25) is 0 Å². The highest BCUT2D eigenvalue weighted by molar-refractivity contribution is 5.81. The smallest absolute Gasteiger partial charge is 0.225 e. The first-order valence-electron chi connectivity index (χ1n) is 4.38. The van der Waals surface area contributed by atoms with Gasteiger partial charge in [0.25, 0.3) is 0 Å². The maximum Gasteiger partial charge on any atom is 0.225 e. The van der Waals surface area contributed by atoms with E-state index >= 15 is 0 Å². The number of hydrogen-bond acceptors (Lipinski definition) is 2. The molecule has 1 atom stereocenters. The second-order valence-electron chi connectivity index (χ2n) is 4.27. The Morgan fingerprint density at radius 2 is 2.00 bits per heavy atom. The van der Waals surface area contributed by atoms with Crippen LogP contribution < -0.4 is 11.1 Å². The number of rotatable bonds is 3. The molecule has 0 aromatic carbocycles. The van der Waals surface area contributed by atoms with E-state index in [-0.39, 0.29) is 17.4 Å². The second kappa shape index (κ2) is 4.45. The molecule has 72 valence electrons. The van der Waals surface area contributed by atoms with Crippen molar-refractivity contribution < 1.29 is 4.79 Å². The topological polar surface area (TPSA) is 55.1 Å². The van der Waals surface area contributed by atoms with Crippen LogP contribution in [0.1, 0.15) is 34.1 Å². The van der Waals surface area contributed by atoms with Gasteiger partial charge in [0.1, 0.15) is 0 Å². The van der Waals surface area contributed by atoms with Gasteiger partial charge in [-0.2, -0.15) is 0 Å². The Kier molecular flexibility index (Phi) is 4.24. The van der Waals surface area contributed by atoms with Crippen molar-refractivity contribution in [3.05, 3.63) is 0 Å². The van der Waals surface area contributed by atoms with E-state index < -0.39 is 0 Å². The van der Waals surface area contributed by atoms with E-state index in [1.165, 1.54) is 0 Å². The summed E-state index contributed by atoms with van der Waals surface area (Å²) in [5.74, 6) is 0.0863. The highest BCUT2D eigenvalue weighted by atomic mass is 16.2. The largest absolute Gasteiger partial charge is 0.356 e. The van der Waals surface area contributed by atoms with Crippen molar-refractivity contribution in [3.63, 3.8) is 0 Å². The van der Waals surface area contributed by atoms with Gasteiger partial charge in [-0.1, -0.05) is 20.8 Å². The number of nitrogens with two attached hydrogens (primary N) is 1. The molecule has 12 heavy (non-hydrogen) atoms. The lowest BCUT2D eigenvalue weighted by Crippen LogP contribution is -2.36. The van der Waals surface area contributed by atoms with Crippen molar-refractivity contribution in [2.75, 3.05) is 6.54 Å². The molecule has 0 spiro atoms. The van der Waals surface area contributed by atoms with Crippen molar-refractivity contribution in [1.29, 1.82) is 0 Å². The minimum absolute atomic E-state index is 0.0863. The second-order valence-corrected chi connectivity index (χ2v) is 4.27. The molecule has 0 aliphatic carbocycles. The summed E-state index contributed by atoms with van der Waals surface area (Å²) in [5.41, 5.74) is 5.24. The molecule has 3 heteroatoms. The Hall–Kier alpha value is -0.570. The molecule has 1 unspecified atom stereocenters. The molecule has 3 nitrogen and oxygen atoms in total. The molecule has 0 radical (unpaired) electrons. The fourth-order valence-corrected chi connectivity index (χ4v) is 0.679. The summed E-state index contributed by atoms with van der Waals surface area (Å²) >= 11 is 0. The number of amides is 1. The first-order chi connectivity index (χ1) is 5.34. The summed E-state index contributed by atoms with van der Waals surface area (Å²) in [6, 6.07) is 0.158. The highest BCUT2D eigenvalue weighted by Gasteiger charge is 2.20. The number of carbonyl (C=O) groups is 1. The van der Waals surface area contributed by atoms with Gasteiger partial charge in [0, 0.05) is 18.0 Å². The van der Waals surface area contributed by atoms with Crippen molar-refractivity contribution in [2.45, 2.75) is 40.2 Å². The molecule has 0 bridgehead atoms. The third kappa shape index (κ3) is 5.13. The molecule has 0 rings (SSSR count). The van der Waals surface area contributed by atoms with Crippen molar-refractivity contribution >= 4 is 5.91 Å². The van der Waals surface area contributed by atoms with Crippen molar-refractivity contribution in [1.82, 2.24) is 5.32 Å². The van der Waals surface area contributed by atoms with Crippen LogP contribution >= 0.6 is 0 Å². The monoisotopic (exact) mass is 172 g/mol. The molecule has 3 N–H and O–H groups in total. The average Bonchev–Trinajstić information content (AvgIpc) is 1.84. The zero-order chi connectivity index (χ0) is 9.78. The molecule has 0 heterocycles. The predicted molar refractivity (Wildman–Crippen MR) is 50.7 cm³/mol. The Labute approximate surface area is 74.7 Å². The Morgan fingerprint density at radius 1 is 1.50 bits per heavy atom. The summed E-state index contributed by atoms with van der Waals surface area (Å²) in [5, 5.41) is 2.84. The molecule has 0 aromatic heterocycles. The minimum atomic E-state index is -0.294. The summed E-state index contributed by atoms with van der Waals surface area (Å²) in [6.45, 7) is 8.30. The van der Waals surface area contributed by atoms with Crippen LogP contribution in [0, 0.1) is 5.41 Å². The lowest BCUT2D eigenvalue weighted by Gasteiger charge is -2.17. The zero-order valence-electron chi connectivity index (χ0n) is 8.48. The van der Waals surface area contributed by atoms with Gasteiger partial charge in [0.15, 0.2) is 0 Å².